The summed E-state index contributed by atoms with van der Waals surface area (Å²) >= 11 is 0. The summed E-state index contributed by atoms with van der Waals surface area (Å²) in [5, 5.41) is 4.76. The third-order valence-corrected chi connectivity index (χ3v) is 3.67. The van der Waals surface area contributed by atoms with Crippen molar-refractivity contribution in [3.63, 3.8) is 0 Å². The Hall–Kier alpha value is -1.54. The van der Waals surface area contributed by atoms with Crippen molar-refractivity contribution in [3.8, 4) is 0 Å². The lowest BCUT2D eigenvalue weighted by Crippen LogP contribution is -2.18. The van der Waals surface area contributed by atoms with E-state index in [1.165, 1.54) is 0 Å². The number of hydrogen-bond donors (Lipinski definition) is 1. The molecular weight excluding hydrogens is 304 g/mol. The number of carbonyl (C=O) groups excluding carboxylic acids is 1. The van der Waals surface area contributed by atoms with E-state index in [1.54, 1.807) is 0 Å². The first-order chi connectivity index (χ1) is 9.77. The highest BCUT2D eigenvalue weighted by Crippen LogP contribution is 2.20. The molecule has 0 spiro atoms. The van der Waals surface area contributed by atoms with Crippen LogP contribution >= 0.6 is 0 Å². The molecule has 8 heteroatoms. The number of rotatable bonds is 7. The highest BCUT2D eigenvalue weighted by molar-refractivity contribution is 7.89. The molecule has 0 unspecified atom stereocenters. The van der Waals surface area contributed by atoms with Crippen LogP contribution in [-0.2, 0) is 14.8 Å². The van der Waals surface area contributed by atoms with Crippen molar-refractivity contribution < 1.29 is 26.7 Å². The van der Waals surface area contributed by atoms with Crippen molar-refractivity contribution in [1.82, 2.24) is 0 Å². The zero-order chi connectivity index (χ0) is 16.0. The Morgan fingerprint density at radius 1 is 1.24 bits per heavy atom. The minimum absolute atomic E-state index is 0.0551. The molecular formula is C13H17F2NO4S. The van der Waals surface area contributed by atoms with E-state index in [0.717, 1.165) is 19.3 Å². The standard InChI is InChI=1S/C13H17F2NO4S/c1-2-3-4-5-6-20-13(17)10-7-9(14)8-11(12(10)15)21(16,18)19/h7-8H,2-6H2,1H3,(H2,16,18,19). The van der Waals surface area contributed by atoms with Gasteiger partial charge in [0, 0.05) is 0 Å². The van der Waals surface area contributed by atoms with Crippen LogP contribution in [0.1, 0.15) is 43.0 Å². The molecule has 5 nitrogen and oxygen atoms in total. The lowest BCUT2D eigenvalue weighted by Gasteiger charge is -2.08. The monoisotopic (exact) mass is 321 g/mol. The lowest BCUT2D eigenvalue weighted by atomic mass is 10.2. The first-order valence-corrected chi connectivity index (χ1v) is 8.01. The van der Waals surface area contributed by atoms with Gasteiger partial charge in [0.2, 0.25) is 10.0 Å². The molecule has 0 saturated heterocycles. The van der Waals surface area contributed by atoms with Crippen molar-refractivity contribution in [1.29, 1.82) is 0 Å². The zero-order valence-corrected chi connectivity index (χ0v) is 12.4. The number of halogens is 2. The average molecular weight is 321 g/mol. The van der Waals surface area contributed by atoms with Gasteiger partial charge in [-0.3, -0.25) is 0 Å². The number of benzene rings is 1. The van der Waals surface area contributed by atoms with E-state index < -0.39 is 38.1 Å². The lowest BCUT2D eigenvalue weighted by molar-refractivity contribution is 0.0491. The molecule has 1 rings (SSSR count). The summed E-state index contributed by atoms with van der Waals surface area (Å²) in [4.78, 5) is 10.6. The van der Waals surface area contributed by atoms with Crippen LogP contribution in [0.25, 0.3) is 0 Å². The fourth-order valence-electron chi connectivity index (χ4n) is 1.69. The number of carbonyl (C=O) groups is 1. The Labute approximate surface area is 122 Å². The second kappa shape index (κ2) is 7.46. The maximum Gasteiger partial charge on any atom is 0.341 e. The molecule has 0 fully saturated rings. The Morgan fingerprint density at radius 2 is 1.90 bits per heavy atom. The van der Waals surface area contributed by atoms with E-state index in [-0.39, 0.29) is 6.61 Å². The fourth-order valence-corrected chi connectivity index (χ4v) is 2.33. The molecule has 0 aliphatic rings. The molecule has 0 radical (unpaired) electrons. The SMILES string of the molecule is CCCCCCOC(=O)c1cc(F)cc(S(N)(=O)=O)c1F. The highest BCUT2D eigenvalue weighted by Gasteiger charge is 2.24. The van der Waals surface area contributed by atoms with Gasteiger partial charge in [-0.15, -0.1) is 0 Å². The summed E-state index contributed by atoms with van der Waals surface area (Å²) in [5.74, 6) is -3.61. The molecule has 1 aromatic carbocycles. The van der Waals surface area contributed by atoms with Gasteiger partial charge in [0.1, 0.15) is 10.7 Å². The van der Waals surface area contributed by atoms with Crippen LogP contribution in [-0.4, -0.2) is 21.0 Å². The maximum atomic E-state index is 13.9. The van der Waals surface area contributed by atoms with Crippen LogP contribution < -0.4 is 5.14 Å². The molecule has 0 atom stereocenters. The molecule has 0 heterocycles. The number of sulfonamides is 1. The van der Waals surface area contributed by atoms with Gasteiger partial charge >= 0.3 is 5.97 Å². The van der Waals surface area contributed by atoms with Crippen LogP contribution in [0.4, 0.5) is 8.78 Å². The van der Waals surface area contributed by atoms with Crippen LogP contribution in [0, 0.1) is 11.6 Å². The third-order valence-electron chi connectivity index (χ3n) is 2.76. The van der Waals surface area contributed by atoms with Gasteiger partial charge in [-0.05, 0) is 18.6 Å². The minimum Gasteiger partial charge on any atom is -0.462 e. The Kier molecular flexibility index (Phi) is 6.22. The molecule has 0 aromatic heterocycles. The van der Waals surface area contributed by atoms with Crippen molar-refractivity contribution in [2.24, 2.45) is 5.14 Å². The molecule has 0 saturated carbocycles. The summed E-state index contributed by atoms with van der Waals surface area (Å²) < 4.78 is 54.3. The molecule has 0 aliphatic carbocycles. The van der Waals surface area contributed by atoms with E-state index >= 15 is 0 Å². The first kappa shape index (κ1) is 17.5. The summed E-state index contributed by atoms with van der Waals surface area (Å²) in [6, 6.07) is 1.00. The zero-order valence-electron chi connectivity index (χ0n) is 11.6. The van der Waals surface area contributed by atoms with Gasteiger partial charge in [0.05, 0.1) is 12.2 Å². The number of ether oxygens (including phenoxy) is 1. The first-order valence-electron chi connectivity index (χ1n) is 6.46. The molecule has 118 valence electrons. The molecule has 21 heavy (non-hydrogen) atoms. The normalized spacial score (nSPS) is 11.4. The Balaban J connectivity index is 2.88. The van der Waals surface area contributed by atoms with Crippen molar-refractivity contribution in [2.75, 3.05) is 6.61 Å². The van der Waals surface area contributed by atoms with E-state index in [0.29, 0.717) is 18.6 Å². The Morgan fingerprint density at radius 3 is 2.48 bits per heavy atom. The van der Waals surface area contributed by atoms with Crippen LogP contribution in [0.5, 0.6) is 0 Å². The van der Waals surface area contributed by atoms with Crippen LogP contribution in [0.2, 0.25) is 0 Å². The predicted octanol–water partition coefficient (Wildman–Crippen LogP) is 2.35. The average Bonchev–Trinajstić information content (AvgIpc) is 2.39. The predicted molar refractivity (Wildman–Crippen MR) is 72.2 cm³/mol. The third kappa shape index (κ3) is 5.05. The Bertz CT molecular complexity index is 617. The number of esters is 1. The van der Waals surface area contributed by atoms with Gasteiger partial charge in [-0.2, -0.15) is 0 Å². The van der Waals surface area contributed by atoms with Gasteiger partial charge < -0.3 is 4.74 Å². The van der Waals surface area contributed by atoms with Crippen molar-refractivity contribution in [2.45, 2.75) is 37.5 Å². The van der Waals surface area contributed by atoms with Gasteiger partial charge in [0.25, 0.3) is 0 Å². The summed E-state index contributed by atoms with van der Waals surface area (Å²) in [6.07, 6.45) is 3.42. The highest BCUT2D eigenvalue weighted by atomic mass is 32.2. The summed E-state index contributed by atoms with van der Waals surface area (Å²) in [5.41, 5.74) is -0.783. The molecule has 2 N–H and O–H groups in total. The molecule has 0 aliphatic heterocycles. The fraction of sp³-hybridized carbons (Fsp3) is 0.462. The number of nitrogens with two attached hydrogens (primary N) is 1. The van der Waals surface area contributed by atoms with Crippen molar-refractivity contribution in [3.05, 3.63) is 29.3 Å². The number of unbranched alkanes of at least 4 members (excludes halogenated alkanes) is 3. The van der Waals surface area contributed by atoms with Crippen LogP contribution in [0.3, 0.4) is 0 Å². The quantitative estimate of drug-likeness (QED) is 0.617. The van der Waals surface area contributed by atoms with Gasteiger partial charge in [-0.25, -0.2) is 27.1 Å². The van der Waals surface area contributed by atoms with Gasteiger partial charge in [-0.1, -0.05) is 26.2 Å². The largest absolute Gasteiger partial charge is 0.462 e. The maximum absolute atomic E-state index is 13.9. The van der Waals surface area contributed by atoms with E-state index in [1.807, 2.05) is 6.92 Å². The smallest absolute Gasteiger partial charge is 0.341 e. The van der Waals surface area contributed by atoms with Gasteiger partial charge in [0.15, 0.2) is 5.82 Å². The summed E-state index contributed by atoms with van der Waals surface area (Å²) in [6.45, 7) is 2.07. The van der Waals surface area contributed by atoms with E-state index in [2.05, 4.69) is 0 Å². The second-order valence-corrected chi connectivity index (χ2v) is 6.04. The number of primary sulfonamides is 1. The second-order valence-electron chi connectivity index (χ2n) is 4.51. The van der Waals surface area contributed by atoms with E-state index in [9.17, 15) is 22.0 Å². The molecule has 0 amide bonds. The molecule has 1 aromatic rings. The van der Waals surface area contributed by atoms with Crippen molar-refractivity contribution >= 4 is 16.0 Å². The minimum atomic E-state index is -4.47. The number of hydrogen-bond acceptors (Lipinski definition) is 4. The topological polar surface area (TPSA) is 86.5 Å². The van der Waals surface area contributed by atoms with Crippen LogP contribution in [0.15, 0.2) is 17.0 Å². The van der Waals surface area contributed by atoms with E-state index in [4.69, 9.17) is 9.88 Å². The summed E-state index contributed by atoms with van der Waals surface area (Å²) in [7, 11) is -4.47. The molecule has 0 bridgehead atoms.